The van der Waals surface area contributed by atoms with E-state index in [4.69, 9.17) is 16.0 Å². The number of aromatic nitrogens is 1. The second kappa shape index (κ2) is 8.84. The van der Waals surface area contributed by atoms with Crippen LogP contribution in [-0.4, -0.2) is 25.4 Å². The number of sulfone groups is 1. The number of benzene rings is 3. The van der Waals surface area contributed by atoms with Gasteiger partial charge in [0.25, 0.3) is 0 Å². The van der Waals surface area contributed by atoms with E-state index in [1.807, 2.05) is 0 Å². The highest BCUT2D eigenvalue weighted by Gasteiger charge is 2.24. The van der Waals surface area contributed by atoms with Gasteiger partial charge in [0, 0.05) is 17.2 Å². The number of hydrogen-bond donors (Lipinski definition) is 0. The van der Waals surface area contributed by atoms with Crippen molar-refractivity contribution in [3.05, 3.63) is 94.6 Å². The van der Waals surface area contributed by atoms with Crippen LogP contribution in [0.25, 0.3) is 11.1 Å². The van der Waals surface area contributed by atoms with Gasteiger partial charge >= 0.3 is 0 Å². The van der Waals surface area contributed by atoms with Gasteiger partial charge in [0.2, 0.25) is 5.89 Å². The van der Waals surface area contributed by atoms with Crippen LogP contribution in [0.15, 0.2) is 76.0 Å². The van der Waals surface area contributed by atoms with Crippen LogP contribution in [0.3, 0.4) is 0 Å². The first-order valence-corrected chi connectivity index (χ1v) is 12.1. The molecule has 0 aliphatic carbocycles. The summed E-state index contributed by atoms with van der Waals surface area (Å²) in [5.74, 6) is -0.838. The number of carbonyl (C=O) groups excluding carboxylic acids is 1. The maximum absolute atomic E-state index is 13.3. The van der Waals surface area contributed by atoms with Gasteiger partial charge in [-0.05, 0) is 60.0 Å². The molecule has 1 heterocycles. The molecule has 0 spiro atoms. The van der Waals surface area contributed by atoms with Crippen LogP contribution in [0, 0.1) is 5.82 Å². The van der Waals surface area contributed by atoms with Crippen LogP contribution in [-0.2, 0) is 27.5 Å². The van der Waals surface area contributed by atoms with Gasteiger partial charge in [-0.1, -0.05) is 35.9 Å². The Morgan fingerprint density at radius 1 is 1.06 bits per heavy atom. The maximum atomic E-state index is 13.3. The van der Waals surface area contributed by atoms with Gasteiger partial charge in [-0.3, -0.25) is 4.79 Å². The molecular weight excluding hydrogens is 453 g/mol. The van der Waals surface area contributed by atoms with Crippen LogP contribution in [0.1, 0.15) is 22.9 Å². The molecule has 0 bridgehead atoms. The Balaban J connectivity index is 1.65. The number of Topliss-reactive ketones (excluding diaryl/α,β-unsaturated/α-hetero) is 1. The lowest BCUT2D eigenvalue weighted by molar-refractivity contribution is -0.120. The number of hydrogen-bond acceptors (Lipinski definition) is 5. The number of ketones is 1. The lowest BCUT2D eigenvalue weighted by Crippen LogP contribution is -2.18. The average Bonchev–Trinajstić information content (AvgIpc) is 3.14. The van der Waals surface area contributed by atoms with E-state index in [2.05, 4.69) is 4.98 Å². The molecule has 0 aliphatic heterocycles. The van der Waals surface area contributed by atoms with Crippen molar-refractivity contribution in [2.75, 3.05) is 6.26 Å². The molecule has 0 N–H and O–H groups in total. The van der Waals surface area contributed by atoms with E-state index >= 15 is 0 Å². The topological polar surface area (TPSA) is 77.2 Å². The highest BCUT2D eigenvalue weighted by Crippen LogP contribution is 2.27. The van der Waals surface area contributed by atoms with Gasteiger partial charge in [0.15, 0.2) is 15.4 Å². The SMILES string of the molecule is CS(=O)(=O)c1ccc(C(Cc2ccc(F)cc2)C(=O)Cc2nc3cc(Cl)ccc3o2)cc1. The Kier molecular flexibility index (Phi) is 6.13. The Morgan fingerprint density at radius 3 is 2.41 bits per heavy atom. The van der Waals surface area contributed by atoms with E-state index in [1.165, 1.54) is 24.3 Å². The van der Waals surface area contributed by atoms with Crippen molar-refractivity contribution in [2.24, 2.45) is 0 Å². The zero-order valence-electron chi connectivity index (χ0n) is 17.1. The molecule has 4 rings (SSSR count). The van der Waals surface area contributed by atoms with Gasteiger partial charge in [0.05, 0.1) is 11.3 Å². The zero-order valence-corrected chi connectivity index (χ0v) is 18.7. The third kappa shape index (κ3) is 5.06. The fraction of sp³-hybridized carbons (Fsp3) is 0.167. The number of nitrogens with zero attached hydrogens (tertiary/aromatic N) is 1. The maximum Gasteiger partial charge on any atom is 0.202 e. The van der Waals surface area contributed by atoms with Crippen molar-refractivity contribution in [2.45, 2.75) is 23.7 Å². The molecule has 0 amide bonds. The molecular formula is C24H19ClFNO4S. The van der Waals surface area contributed by atoms with E-state index in [-0.39, 0.29) is 28.8 Å². The summed E-state index contributed by atoms with van der Waals surface area (Å²) in [5, 5.41) is 0.517. The normalized spacial score (nSPS) is 12.7. The summed E-state index contributed by atoms with van der Waals surface area (Å²) in [6.07, 6.45) is 1.40. The molecule has 0 saturated heterocycles. The fourth-order valence-corrected chi connectivity index (χ4v) is 4.31. The molecule has 4 aromatic rings. The molecule has 0 aliphatic rings. The Labute approximate surface area is 189 Å². The summed E-state index contributed by atoms with van der Waals surface area (Å²) in [7, 11) is -3.36. The van der Waals surface area contributed by atoms with Crippen LogP contribution >= 0.6 is 11.6 Å². The smallest absolute Gasteiger partial charge is 0.202 e. The van der Waals surface area contributed by atoms with Crippen LogP contribution in [0.2, 0.25) is 5.02 Å². The van der Waals surface area contributed by atoms with E-state index in [9.17, 15) is 17.6 Å². The zero-order chi connectivity index (χ0) is 22.9. The van der Waals surface area contributed by atoms with Crippen molar-refractivity contribution in [3.63, 3.8) is 0 Å². The number of rotatable bonds is 7. The van der Waals surface area contributed by atoms with Gasteiger partial charge in [-0.2, -0.15) is 0 Å². The Bertz CT molecular complexity index is 1380. The van der Waals surface area contributed by atoms with Crippen LogP contribution in [0.5, 0.6) is 0 Å². The highest BCUT2D eigenvalue weighted by molar-refractivity contribution is 7.90. The second-order valence-corrected chi connectivity index (χ2v) is 10.0. The first-order valence-electron chi connectivity index (χ1n) is 9.81. The summed E-state index contributed by atoms with van der Waals surface area (Å²) in [5.41, 5.74) is 2.53. The van der Waals surface area contributed by atoms with E-state index in [0.717, 1.165) is 11.8 Å². The summed E-state index contributed by atoms with van der Waals surface area (Å²) in [6.45, 7) is 0. The van der Waals surface area contributed by atoms with Crippen molar-refractivity contribution in [1.82, 2.24) is 4.98 Å². The largest absolute Gasteiger partial charge is 0.440 e. The number of carbonyl (C=O) groups is 1. The van der Waals surface area contributed by atoms with Crippen molar-refractivity contribution >= 4 is 38.3 Å². The first-order chi connectivity index (χ1) is 15.2. The summed E-state index contributed by atoms with van der Waals surface area (Å²) in [4.78, 5) is 17.8. The fourth-order valence-electron chi connectivity index (χ4n) is 3.52. The molecule has 0 saturated carbocycles. The van der Waals surface area contributed by atoms with Gasteiger partial charge in [0.1, 0.15) is 17.1 Å². The lowest BCUT2D eigenvalue weighted by atomic mass is 9.87. The van der Waals surface area contributed by atoms with E-state index in [1.54, 1.807) is 42.5 Å². The molecule has 1 atom stereocenters. The minimum atomic E-state index is -3.36. The minimum absolute atomic E-state index is 0.0496. The quantitative estimate of drug-likeness (QED) is 0.372. The number of halogens is 2. The third-order valence-electron chi connectivity index (χ3n) is 5.17. The second-order valence-electron chi connectivity index (χ2n) is 7.59. The molecule has 164 valence electrons. The lowest BCUT2D eigenvalue weighted by Gasteiger charge is -2.16. The third-order valence-corrected chi connectivity index (χ3v) is 6.54. The Hall–Kier alpha value is -3.03. The van der Waals surface area contributed by atoms with Crippen LogP contribution in [0.4, 0.5) is 4.39 Å². The summed E-state index contributed by atoms with van der Waals surface area (Å²) in [6, 6.07) is 17.2. The molecule has 8 heteroatoms. The van der Waals surface area contributed by atoms with Crippen molar-refractivity contribution in [1.29, 1.82) is 0 Å². The first kappa shape index (κ1) is 22.2. The van der Waals surface area contributed by atoms with Gasteiger partial charge in [-0.25, -0.2) is 17.8 Å². The predicted molar refractivity (Wildman–Crippen MR) is 120 cm³/mol. The van der Waals surface area contributed by atoms with Crippen LogP contribution < -0.4 is 0 Å². The molecule has 5 nitrogen and oxygen atoms in total. The molecule has 3 aromatic carbocycles. The number of fused-ring (bicyclic) bond motifs is 1. The van der Waals surface area contributed by atoms with Gasteiger partial charge in [-0.15, -0.1) is 0 Å². The highest BCUT2D eigenvalue weighted by atomic mass is 35.5. The van der Waals surface area contributed by atoms with E-state index < -0.39 is 15.8 Å². The molecule has 0 fully saturated rings. The number of oxazole rings is 1. The molecule has 1 unspecified atom stereocenters. The Morgan fingerprint density at radius 2 is 1.75 bits per heavy atom. The van der Waals surface area contributed by atoms with Crippen molar-refractivity contribution < 1.29 is 22.0 Å². The van der Waals surface area contributed by atoms with Gasteiger partial charge < -0.3 is 4.42 Å². The minimum Gasteiger partial charge on any atom is -0.440 e. The summed E-state index contributed by atoms with van der Waals surface area (Å²) < 4.78 is 42.6. The van der Waals surface area contributed by atoms with Crippen molar-refractivity contribution in [3.8, 4) is 0 Å². The molecule has 0 radical (unpaired) electrons. The molecule has 1 aromatic heterocycles. The predicted octanol–water partition coefficient (Wildman–Crippen LogP) is 5.16. The average molecular weight is 472 g/mol. The monoisotopic (exact) mass is 471 g/mol. The van der Waals surface area contributed by atoms with E-state index in [0.29, 0.717) is 28.1 Å². The standard InChI is InChI=1S/C24H19ClFNO4S/c1-32(29,30)19-9-4-16(5-10-19)20(12-15-2-7-18(26)8-3-15)22(28)14-24-27-21-13-17(25)6-11-23(21)31-24/h2-11,13,20H,12,14H2,1H3. The summed E-state index contributed by atoms with van der Waals surface area (Å²) >= 11 is 5.99. The molecule has 32 heavy (non-hydrogen) atoms.